The Morgan fingerprint density at radius 2 is 1.81 bits per heavy atom. The van der Waals surface area contributed by atoms with Gasteiger partial charge in [-0.15, -0.1) is 0 Å². The van der Waals surface area contributed by atoms with Crippen molar-refractivity contribution in [1.82, 2.24) is 4.98 Å². The van der Waals surface area contributed by atoms with Crippen LogP contribution in [0.25, 0.3) is 11.1 Å². The Kier molecular flexibility index (Phi) is 3.30. The summed E-state index contributed by atoms with van der Waals surface area (Å²) in [5.41, 5.74) is 3.87. The Morgan fingerprint density at radius 3 is 2.44 bits per heavy atom. The fourth-order valence-electron chi connectivity index (χ4n) is 1.91. The molecule has 82 valence electrons. The molecule has 0 radical (unpaired) electrons. The fourth-order valence-corrected chi connectivity index (χ4v) is 1.91. The first-order chi connectivity index (χ1) is 7.85. The van der Waals surface area contributed by atoms with Crippen LogP contribution >= 0.6 is 0 Å². The van der Waals surface area contributed by atoms with E-state index in [0.717, 1.165) is 13.0 Å². The highest BCUT2D eigenvalue weighted by Gasteiger charge is 2.08. The van der Waals surface area contributed by atoms with Gasteiger partial charge < -0.3 is 0 Å². The highest BCUT2D eigenvalue weighted by Crippen LogP contribution is 2.17. The monoisotopic (exact) mass is 213 g/mol. The van der Waals surface area contributed by atoms with Gasteiger partial charge in [-0.25, -0.2) is 4.57 Å². The van der Waals surface area contributed by atoms with Gasteiger partial charge in [0.25, 0.3) is 0 Å². The Balaban J connectivity index is 2.44. The summed E-state index contributed by atoms with van der Waals surface area (Å²) in [6, 6.07) is 8.52. The van der Waals surface area contributed by atoms with Crippen LogP contribution in [-0.2, 0) is 13.0 Å². The zero-order chi connectivity index (χ0) is 11.4. The molecule has 2 heterocycles. The van der Waals surface area contributed by atoms with Gasteiger partial charge in [0.15, 0.2) is 11.9 Å². The van der Waals surface area contributed by atoms with Crippen LogP contribution < -0.4 is 4.57 Å². The number of aromatic nitrogens is 2. The molecule has 0 spiro atoms. The third kappa shape index (κ3) is 2.11. The Bertz CT molecular complexity index is 463. The largest absolute Gasteiger partial charge is 0.265 e. The highest BCUT2D eigenvalue weighted by molar-refractivity contribution is 5.62. The van der Waals surface area contributed by atoms with Gasteiger partial charge in [0.1, 0.15) is 6.54 Å². The smallest absolute Gasteiger partial charge is 0.181 e. The van der Waals surface area contributed by atoms with E-state index >= 15 is 0 Å². The standard InChI is InChI=1S/C14H17N2/c1-3-14-11-13(7-10-16(14)4-2)12-5-8-15-9-6-12/h5-11H,3-4H2,1-2H3/q+1. The summed E-state index contributed by atoms with van der Waals surface area (Å²) in [4.78, 5) is 4.04. The highest BCUT2D eigenvalue weighted by atomic mass is 14.9. The molecule has 0 aliphatic heterocycles. The van der Waals surface area contributed by atoms with Crippen LogP contribution in [0.2, 0.25) is 0 Å². The molecule has 0 saturated heterocycles. The Hall–Kier alpha value is -1.70. The average Bonchev–Trinajstić information content (AvgIpc) is 2.39. The van der Waals surface area contributed by atoms with Crippen LogP contribution in [0.3, 0.4) is 0 Å². The lowest BCUT2D eigenvalue weighted by Crippen LogP contribution is -2.36. The van der Waals surface area contributed by atoms with Crippen molar-refractivity contribution in [2.24, 2.45) is 0 Å². The number of hydrogen-bond acceptors (Lipinski definition) is 1. The fraction of sp³-hybridized carbons (Fsp3) is 0.286. The van der Waals surface area contributed by atoms with Crippen LogP contribution in [0, 0.1) is 0 Å². The van der Waals surface area contributed by atoms with Gasteiger partial charge in [-0.2, -0.15) is 0 Å². The molecule has 2 nitrogen and oxygen atoms in total. The molecule has 2 aromatic heterocycles. The second-order valence-corrected chi connectivity index (χ2v) is 3.78. The molecule has 0 aliphatic carbocycles. The third-order valence-electron chi connectivity index (χ3n) is 2.84. The summed E-state index contributed by atoms with van der Waals surface area (Å²) in [6.07, 6.45) is 6.89. The zero-order valence-electron chi connectivity index (χ0n) is 9.85. The van der Waals surface area contributed by atoms with E-state index in [1.807, 2.05) is 24.5 Å². The minimum atomic E-state index is 1.03. The topological polar surface area (TPSA) is 16.8 Å². The van der Waals surface area contributed by atoms with Crippen molar-refractivity contribution in [2.75, 3.05) is 0 Å². The van der Waals surface area contributed by atoms with Crippen molar-refractivity contribution in [3.63, 3.8) is 0 Å². The molecule has 0 atom stereocenters. The maximum absolute atomic E-state index is 4.04. The number of nitrogens with zero attached hydrogens (tertiary/aromatic N) is 2. The number of hydrogen-bond donors (Lipinski definition) is 0. The molecule has 16 heavy (non-hydrogen) atoms. The van der Waals surface area contributed by atoms with Gasteiger partial charge in [-0.05, 0) is 30.2 Å². The lowest BCUT2D eigenvalue weighted by atomic mass is 10.1. The molecule has 0 N–H and O–H groups in total. The van der Waals surface area contributed by atoms with Crippen molar-refractivity contribution >= 4 is 0 Å². The van der Waals surface area contributed by atoms with E-state index in [0.29, 0.717) is 0 Å². The van der Waals surface area contributed by atoms with E-state index < -0.39 is 0 Å². The van der Waals surface area contributed by atoms with E-state index in [9.17, 15) is 0 Å². The van der Waals surface area contributed by atoms with Gasteiger partial charge in [0, 0.05) is 30.9 Å². The van der Waals surface area contributed by atoms with Crippen LogP contribution in [0.5, 0.6) is 0 Å². The molecule has 0 saturated carbocycles. The van der Waals surface area contributed by atoms with Gasteiger partial charge in [0.05, 0.1) is 0 Å². The molecule has 0 amide bonds. The van der Waals surface area contributed by atoms with Crippen LogP contribution in [0.4, 0.5) is 0 Å². The maximum Gasteiger partial charge on any atom is 0.181 e. The van der Waals surface area contributed by atoms with E-state index in [1.165, 1.54) is 16.8 Å². The maximum atomic E-state index is 4.04. The molecule has 0 aromatic carbocycles. The van der Waals surface area contributed by atoms with Crippen molar-refractivity contribution in [3.05, 3.63) is 48.5 Å². The number of pyridine rings is 2. The van der Waals surface area contributed by atoms with E-state index in [4.69, 9.17) is 0 Å². The predicted octanol–water partition coefficient (Wildman–Crippen LogP) is 2.62. The SMILES string of the molecule is CCc1cc(-c2ccncc2)cc[n+]1CC. The van der Waals surface area contributed by atoms with Crippen LogP contribution in [0.1, 0.15) is 19.5 Å². The summed E-state index contributed by atoms with van der Waals surface area (Å²) < 4.78 is 2.28. The second kappa shape index (κ2) is 4.88. The van der Waals surface area contributed by atoms with Gasteiger partial charge in [-0.3, -0.25) is 4.98 Å². The molecule has 0 fully saturated rings. The minimum Gasteiger partial charge on any atom is -0.265 e. The molecular formula is C14H17N2+. The van der Waals surface area contributed by atoms with Crippen LogP contribution in [-0.4, -0.2) is 4.98 Å². The molecule has 2 rings (SSSR count). The quantitative estimate of drug-likeness (QED) is 0.716. The van der Waals surface area contributed by atoms with Crippen molar-refractivity contribution in [3.8, 4) is 11.1 Å². The van der Waals surface area contributed by atoms with E-state index in [2.05, 4.69) is 41.7 Å². The van der Waals surface area contributed by atoms with Gasteiger partial charge >= 0.3 is 0 Å². The zero-order valence-corrected chi connectivity index (χ0v) is 9.85. The third-order valence-corrected chi connectivity index (χ3v) is 2.84. The normalized spacial score (nSPS) is 10.4. The summed E-state index contributed by atoms with van der Waals surface area (Å²) in [7, 11) is 0. The van der Waals surface area contributed by atoms with Crippen molar-refractivity contribution in [1.29, 1.82) is 0 Å². The second-order valence-electron chi connectivity index (χ2n) is 3.78. The van der Waals surface area contributed by atoms with Crippen molar-refractivity contribution in [2.45, 2.75) is 26.8 Å². The lowest BCUT2D eigenvalue weighted by Gasteiger charge is -2.04. The summed E-state index contributed by atoms with van der Waals surface area (Å²) >= 11 is 0. The first kappa shape index (κ1) is 10.8. The number of aryl methyl sites for hydroxylation is 2. The molecule has 2 aromatic rings. The van der Waals surface area contributed by atoms with E-state index in [1.54, 1.807) is 0 Å². The van der Waals surface area contributed by atoms with Gasteiger partial charge in [-0.1, -0.05) is 6.92 Å². The lowest BCUT2D eigenvalue weighted by molar-refractivity contribution is -0.700. The first-order valence-corrected chi connectivity index (χ1v) is 5.78. The number of rotatable bonds is 3. The molecule has 2 heteroatoms. The first-order valence-electron chi connectivity index (χ1n) is 5.78. The summed E-state index contributed by atoms with van der Waals surface area (Å²) in [6.45, 7) is 5.39. The van der Waals surface area contributed by atoms with Gasteiger partial charge in [0.2, 0.25) is 0 Å². The predicted molar refractivity (Wildman–Crippen MR) is 64.9 cm³/mol. The Labute approximate surface area is 96.6 Å². The summed E-state index contributed by atoms with van der Waals surface area (Å²) in [5.74, 6) is 0. The van der Waals surface area contributed by atoms with Crippen molar-refractivity contribution < 1.29 is 4.57 Å². The van der Waals surface area contributed by atoms with Crippen LogP contribution in [0.15, 0.2) is 42.9 Å². The van der Waals surface area contributed by atoms with E-state index in [-0.39, 0.29) is 0 Å². The summed E-state index contributed by atoms with van der Waals surface area (Å²) in [5, 5.41) is 0. The molecule has 0 bridgehead atoms. The average molecular weight is 213 g/mol. The minimum absolute atomic E-state index is 1.03. The molecule has 0 unspecified atom stereocenters. The molecular weight excluding hydrogens is 196 g/mol. The Morgan fingerprint density at radius 1 is 1.06 bits per heavy atom. The molecule has 0 aliphatic rings.